The predicted molar refractivity (Wildman–Crippen MR) is 67.0 cm³/mol. The summed E-state index contributed by atoms with van der Waals surface area (Å²) in [4.78, 5) is 0.181. The SMILES string of the molecule is Cc1ccc(S(=O)(=O)OC2COC3OCCC23)cc1. The molecule has 1 aromatic rings. The van der Waals surface area contributed by atoms with Gasteiger partial charge in [-0.2, -0.15) is 8.42 Å². The summed E-state index contributed by atoms with van der Waals surface area (Å²) in [6, 6.07) is 6.62. The summed E-state index contributed by atoms with van der Waals surface area (Å²) in [5.74, 6) is 0.0141. The molecule has 0 aliphatic carbocycles. The van der Waals surface area contributed by atoms with Crippen LogP contribution in [0.5, 0.6) is 0 Å². The van der Waals surface area contributed by atoms with Crippen LogP contribution in [0.2, 0.25) is 0 Å². The average molecular weight is 284 g/mol. The number of aryl methyl sites for hydroxylation is 1. The summed E-state index contributed by atoms with van der Waals surface area (Å²) < 4.78 is 40.4. The molecule has 5 nitrogen and oxygen atoms in total. The van der Waals surface area contributed by atoms with E-state index in [9.17, 15) is 8.42 Å². The molecule has 3 unspecified atom stereocenters. The summed E-state index contributed by atoms with van der Waals surface area (Å²) in [5, 5.41) is 0. The first kappa shape index (κ1) is 13.1. The van der Waals surface area contributed by atoms with Gasteiger partial charge in [0.25, 0.3) is 10.1 Å². The van der Waals surface area contributed by atoms with Gasteiger partial charge in [0.2, 0.25) is 0 Å². The Kier molecular flexibility index (Phi) is 3.34. The molecule has 0 amide bonds. The lowest BCUT2D eigenvalue weighted by atomic mass is 10.0. The third kappa shape index (κ3) is 2.53. The molecule has 1 aromatic carbocycles. The van der Waals surface area contributed by atoms with Gasteiger partial charge in [0.1, 0.15) is 6.10 Å². The highest BCUT2D eigenvalue weighted by Gasteiger charge is 2.44. The molecule has 3 rings (SSSR count). The summed E-state index contributed by atoms with van der Waals surface area (Å²) in [7, 11) is -3.73. The second-order valence-corrected chi connectivity index (χ2v) is 6.50. The summed E-state index contributed by atoms with van der Waals surface area (Å²) in [5.41, 5.74) is 1.01. The number of fused-ring (bicyclic) bond motifs is 1. The fourth-order valence-electron chi connectivity index (χ4n) is 2.45. The predicted octanol–water partition coefficient (Wildman–Crippen LogP) is 1.46. The first-order valence-electron chi connectivity index (χ1n) is 6.29. The quantitative estimate of drug-likeness (QED) is 0.786. The van der Waals surface area contributed by atoms with E-state index in [1.54, 1.807) is 24.3 Å². The van der Waals surface area contributed by atoms with E-state index < -0.39 is 16.2 Å². The molecule has 2 saturated heterocycles. The van der Waals surface area contributed by atoms with Crippen molar-refractivity contribution in [3.63, 3.8) is 0 Å². The molecule has 19 heavy (non-hydrogen) atoms. The van der Waals surface area contributed by atoms with E-state index in [2.05, 4.69) is 0 Å². The fraction of sp³-hybridized carbons (Fsp3) is 0.538. The van der Waals surface area contributed by atoms with Crippen LogP contribution < -0.4 is 0 Å². The Balaban J connectivity index is 1.76. The second kappa shape index (κ2) is 4.86. The molecule has 104 valence electrons. The lowest BCUT2D eigenvalue weighted by Gasteiger charge is -2.15. The molecule has 2 heterocycles. The monoisotopic (exact) mass is 284 g/mol. The summed E-state index contributed by atoms with van der Waals surface area (Å²) in [6.07, 6.45) is 0.0238. The van der Waals surface area contributed by atoms with Gasteiger partial charge in [-0.15, -0.1) is 0 Å². The molecular formula is C13H16O5S. The molecule has 0 radical (unpaired) electrons. The van der Waals surface area contributed by atoms with Crippen molar-refractivity contribution < 1.29 is 22.1 Å². The Labute approximate surface area is 112 Å². The van der Waals surface area contributed by atoms with Crippen molar-refractivity contribution in [2.45, 2.75) is 30.6 Å². The normalized spacial score (nSPS) is 30.5. The van der Waals surface area contributed by atoms with Crippen LogP contribution in [0.4, 0.5) is 0 Å². The standard InChI is InChI=1S/C13H16O5S/c1-9-2-4-10(5-3-9)19(14,15)18-12-8-17-13-11(12)6-7-16-13/h2-5,11-13H,6-8H2,1H3. The Hall–Kier alpha value is -0.950. The Morgan fingerprint density at radius 2 is 1.95 bits per heavy atom. The van der Waals surface area contributed by atoms with Gasteiger partial charge >= 0.3 is 0 Å². The van der Waals surface area contributed by atoms with Gasteiger partial charge in [0.15, 0.2) is 6.29 Å². The fourth-order valence-corrected chi connectivity index (χ4v) is 3.55. The van der Waals surface area contributed by atoms with Gasteiger partial charge in [0, 0.05) is 5.92 Å². The van der Waals surface area contributed by atoms with Gasteiger partial charge < -0.3 is 9.47 Å². The molecule has 0 aromatic heterocycles. The molecule has 2 aliphatic heterocycles. The van der Waals surface area contributed by atoms with Crippen molar-refractivity contribution in [1.82, 2.24) is 0 Å². The highest BCUT2D eigenvalue weighted by Crippen LogP contribution is 2.34. The van der Waals surface area contributed by atoms with Crippen LogP contribution >= 0.6 is 0 Å². The van der Waals surface area contributed by atoms with E-state index in [-0.39, 0.29) is 23.7 Å². The first-order chi connectivity index (χ1) is 9.06. The minimum Gasteiger partial charge on any atom is -0.352 e. The lowest BCUT2D eigenvalue weighted by molar-refractivity contribution is -0.0906. The topological polar surface area (TPSA) is 61.8 Å². The zero-order valence-corrected chi connectivity index (χ0v) is 11.4. The van der Waals surface area contributed by atoms with Gasteiger partial charge in [-0.25, -0.2) is 0 Å². The second-order valence-electron chi connectivity index (χ2n) is 4.93. The molecule has 0 saturated carbocycles. The van der Waals surface area contributed by atoms with E-state index in [4.69, 9.17) is 13.7 Å². The minimum atomic E-state index is -3.73. The third-order valence-electron chi connectivity index (χ3n) is 3.55. The summed E-state index contributed by atoms with van der Waals surface area (Å²) >= 11 is 0. The van der Waals surface area contributed by atoms with Crippen molar-refractivity contribution in [1.29, 1.82) is 0 Å². The zero-order chi connectivity index (χ0) is 13.5. The number of hydrogen-bond acceptors (Lipinski definition) is 5. The van der Waals surface area contributed by atoms with Gasteiger partial charge in [-0.3, -0.25) is 4.18 Å². The lowest BCUT2D eigenvalue weighted by Crippen LogP contribution is -2.26. The van der Waals surface area contributed by atoms with E-state index in [1.807, 2.05) is 6.92 Å². The van der Waals surface area contributed by atoms with Gasteiger partial charge in [-0.05, 0) is 25.5 Å². The molecular weight excluding hydrogens is 268 g/mol. The van der Waals surface area contributed by atoms with Crippen molar-refractivity contribution >= 4 is 10.1 Å². The van der Waals surface area contributed by atoms with Crippen LogP contribution in [0.25, 0.3) is 0 Å². The average Bonchev–Trinajstić information content (AvgIpc) is 2.95. The molecule has 2 aliphatic rings. The Morgan fingerprint density at radius 3 is 2.68 bits per heavy atom. The third-order valence-corrected chi connectivity index (χ3v) is 4.90. The van der Waals surface area contributed by atoms with Crippen LogP contribution in [-0.4, -0.2) is 34.0 Å². The maximum atomic E-state index is 12.2. The molecule has 0 N–H and O–H groups in total. The van der Waals surface area contributed by atoms with Crippen LogP contribution in [0, 0.1) is 12.8 Å². The number of rotatable bonds is 3. The smallest absolute Gasteiger partial charge is 0.297 e. The maximum Gasteiger partial charge on any atom is 0.297 e. The van der Waals surface area contributed by atoms with Crippen molar-refractivity contribution in [2.75, 3.05) is 13.2 Å². The highest BCUT2D eigenvalue weighted by molar-refractivity contribution is 7.86. The van der Waals surface area contributed by atoms with Crippen molar-refractivity contribution in [3.05, 3.63) is 29.8 Å². The van der Waals surface area contributed by atoms with E-state index in [1.165, 1.54) is 0 Å². The number of hydrogen-bond donors (Lipinski definition) is 0. The number of benzene rings is 1. The largest absolute Gasteiger partial charge is 0.352 e. The molecule has 0 spiro atoms. The van der Waals surface area contributed by atoms with Gasteiger partial charge in [-0.1, -0.05) is 17.7 Å². The molecule has 6 heteroatoms. The van der Waals surface area contributed by atoms with Crippen molar-refractivity contribution in [2.24, 2.45) is 5.92 Å². The van der Waals surface area contributed by atoms with Crippen molar-refractivity contribution in [3.8, 4) is 0 Å². The van der Waals surface area contributed by atoms with E-state index in [0.29, 0.717) is 6.61 Å². The zero-order valence-electron chi connectivity index (χ0n) is 10.6. The van der Waals surface area contributed by atoms with Crippen LogP contribution in [0.15, 0.2) is 29.2 Å². The summed E-state index contributed by atoms with van der Waals surface area (Å²) in [6.45, 7) is 2.77. The van der Waals surface area contributed by atoms with Crippen LogP contribution in [0.3, 0.4) is 0 Å². The maximum absolute atomic E-state index is 12.2. The highest BCUT2D eigenvalue weighted by atomic mass is 32.2. The Bertz CT molecular complexity index is 551. The van der Waals surface area contributed by atoms with E-state index >= 15 is 0 Å². The molecule has 0 bridgehead atoms. The van der Waals surface area contributed by atoms with Crippen LogP contribution in [-0.2, 0) is 23.8 Å². The van der Waals surface area contributed by atoms with E-state index in [0.717, 1.165) is 12.0 Å². The van der Waals surface area contributed by atoms with Gasteiger partial charge in [0.05, 0.1) is 18.1 Å². The molecule has 3 atom stereocenters. The Morgan fingerprint density at radius 1 is 1.21 bits per heavy atom. The molecule has 2 fully saturated rings. The first-order valence-corrected chi connectivity index (χ1v) is 7.70. The van der Waals surface area contributed by atoms with Crippen LogP contribution in [0.1, 0.15) is 12.0 Å². The minimum absolute atomic E-state index is 0.0141. The number of ether oxygens (including phenoxy) is 2.